The third kappa shape index (κ3) is 3.21. The van der Waals surface area contributed by atoms with Crippen molar-refractivity contribution in [2.75, 3.05) is 0 Å². The summed E-state index contributed by atoms with van der Waals surface area (Å²) in [5.41, 5.74) is 5.15. The number of hydrogen-bond acceptors (Lipinski definition) is 3. The van der Waals surface area contributed by atoms with Gasteiger partial charge in [-0.2, -0.15) is 0 Å². The number of carbonyl (C=O) groups is 1. The molecule has 0 N–H and O–H groups in total. The molecule has 0 aliphatic heterocycles. The lowest BCUT2D eigenvalue weighted by Crippen LogP contribution is -2.01. The molecule has 0 atom stereocenters. The molecule has 134 valence electrons. The van der Waals surface area contributed by atoms with Gasteiger partial charge in [-0.15, -0.1) is 11.3 Å². The first-order valence-electron chi connectivity index (χ1n) is 8.81. The Bertz CT molecular complexity index is 984. The zero-order valence-corrected chi connectivity index (χ0v) is 16.3. The molecule has 3 aromatic rings. The predicted octanol–water partition coefficient (Wildman–Crippen LogP) is 6.31. The zero-order valence-electron chi connectivity index (χ0n) is 15.5. The highest BCUT2D eigenvalue weighted by molar-refractivity contribution is 7.18. The number of fused-ring (bicyclic) bond motifs is 1. The van der Waals surface area contributed by atoms with Crippen molar-refractivity contribution >= 4 is 33.9 Å². The van der Waals surface area contributed by atoms with E-state index in [-0.39, 0.29) is 11.7 Å². The third-order valence-electron chi connectivity index (χ3n) is 4.58. The molecule has 0 bridgehead atoms. The summed E-state index contributed by atoms with van der Waals surface area (Å²) in [5.74, 6) is -0.0530. The first-order chi connectivity index (χ1) is 12.5. The molecule has 0 unspecified atom stereocenters. The number of nitrogens with zero attached hydrogens (tertiary/aromatic N) is 1. The van der Waals surface area contributed by atoms with Crippen LogP contribution in [0.1, 0.15) is 48.4 Å². The van der Waals surface area contributed by atoms with Crippen molar-refractivity contribution in [3.05, 3.63) is 57.9 Å². The van der Waals surface area contributed by atoms with Crippen molar-refractivity contribution < 1.29 is 9.18 Å². The fourth-order valence-electron chi connectivity index (χ4n) is 3.42. The lowest BCUT2D eigenvalue weighted by molar-refractivity contribution is -0.104. The Balaban J connectivity index is 2.50. The van der Waals surface area contributed by atoms with E-state index >= 15 is 0 Å². The van der Waals surface area contributed by atoms with Crippen molar-refractivity contribution in [1.29, 1.82) is 0 Å². The largest absolute Gasteiger partial charge is 0.299 e. The number of carbonyl (C=O) groups excluding carboxylic acids is 1. The summed E-state index contributed by atoms with van der Waals surface area (Å²) in [6.07, 6.45) is 5.02. The normalized spacial score (nSPS) is 11.8. The van der Waals surface area contributed by atoms with Crippen molar-refractivity contribution in [1.82, 2.24) is 4.98 Å². The molecule has 2 nitrogen and oxygen atoms in total. The highest BCUT2D eigenvalue weighted by Gasteiger charge is 2.21. The van der Waals surface area contributed by atoms with Crippen LogP contribution in [0.15, 0.2) is 30.3 Å². The van der Waals surface area contributed by atoms with Gasteiger partial charge in [-0.05, 0) is 54.7 Å². The molecule has 26 heavy (non-hydrogen) atoms. The van der Waals surface area contributed by atoms with E-state index in [1.807, 2.05) is 6.08 Å². The third-order valence-corrected chi connectivity index (χ3v) is 5.62. The molecule has 2 aromatic heterocycles. The van der Waals surface area contributed by atoms with Crippen LogP contribution in [0, 0.1) is 12.7 Å². The van der Waals surface area contributed by atoms with E-state index in [2.05, 4.69) is 27.7 Å². The predicted molar refractivity (Wildman–Crippen MR) is 108 cm³/mol. The molecule has 0 aliphatic rings. The number of rotatable bonds is 5. The fraction of sp³-hybridized carbons (Fsp3) is 0.273. The zero-order chi connectivity index (χ0) is 18.8. The van der Waals surface area contributed by atoms with Gasteiger partial charge in [-0.3, -0.25) is 4.79 Å². The Morgan fingerprint density at radius 2 is 1.92 bits per heavy atom. The maximum atomic E-state index is 13.5. The average molecular weight is 367 g/mol. The quantitative estimate of drug-likeness (QED) is 0.391. The number of halogens is 1. The number of pyridine rings is 1. The number of thiophene rings is 1. The van der Waals surface area contributed by atoms with Gasteiger partial charge in [0.25, 0.3) is 0 Å². The number of allylic oxidation sites excluding steroid dienone is 1. The van der Waals surface area contributed by atoms with Gasteiger partial charge < -0.3 is 0 Å². The Labute approximate surface area is 157 Å². The topological polar surface area (TPSA) is 30.0 Å². The van der Waals surface area contributed by atoms with Crippen LogP contribution in [0.2, 0.25) is 0 Å². The van der Waals surface area contributed by atoms with Gasteiger partial charge in [0.15, 0.2) is 0 Å². The molecule has 0 fully saturated rings. The van der Waals surface area contributed by atoms with Gasteiger partial charge in [-0.25, -0.2) is 9.37 Å². The SMILES string of the molecule is CCc1c(C)sc2nc(C(C)C)c(C=CC=O)c(-c3ccc(F)cc3)c12. The average Bonchev–Trinajstić information content (AvgIpc) is 2.94. The Kier molecular flexibility index (Phi) is 5.33. The van der Waals surface area contributed by atoms with Crippen LogP contribution in [0.4, 0.5) is 4.39 Å². The van der Waals surface area contributed by atoms with E-state index in [4.69, 9.17) is 4.98 Å². The summed E-state index contributed by atoms with van der Waals surface area (Å²) in [4.78, 5) is 18.2. The van der Waals surface area contributed by atoms with Crippen LogP contribution in [0.5, 0.6) is 0 Å². The molecule has 0 aliphatic carbocycles. The Hall–Kier alpha value is -2.33. The lowest BCUT2D eigenvalue weighted by atomic mass is 9.90. The Morgan fingerprint density at radius 1 is 1.23 bits per heavy atom. The molecular weight excluding hydrogens is 345 g/mol. The van der Waals surface area contributed by atoms with E-state index in [1.54, 1.807) is 23.5 Å². The molecule has 0 spiro atoms. The minimum atomic E-state index is -0.259. The summed E-state index contributed by atoms with van der Waals surface area (Å²) in [6.45, 7) is 8.46. The number of hydrogen-bond donors (Lipinski definition) is 0. The van der Waals surface area contributed by atoms with Gasteiger partial charge in [0.05, 0.1) is 5.69 Å². The molecule has 1 aromatic carbocycles. The highest BCUT2D eigenvalue weighted by atomic mass is 32.1. The molecule has 4 heteroatoms. The lowest BCUT2D eigenvalue weighted by Gasteiger charge is -2.17. The van der Waals surface area contributed by atoms with Crippen LogP contribution < -0.4 is 0 Å². The number of aldehydes is 1. The van der Waals surface area contributed by atoms with Gasteiger partial charge in [0.2, 0.25) is 0 Å². The molecule has 2 heterocycles. The summed E-state index contributed by atoms with van der Waals surface area (Å²) in [5, 5.41) is 1.12. The summed E-state index contributed by atoms with van der Waals surface area (Å²) < 4.78 is 13.5. The van der Waals surface area contributed by atoms with Crippen LogP contribution in [0.25, 0.3) is 27.4 Å². The van der Waals surface area contributed by atoms with Crippen molar-refractivity contribution in [2.24, 2.45) is 0 Å². The molecule has 3 rings (SSSR count). The van der Waals surface area contributed by atoms with E-state index < -0.39 is 0 Å². The second-order valence-corrected chi connectivity index (χ2v) is 7.82. The van der Waals surface area contributed by atoms with Crippen molar-refractivity contribution in [3.8, 4) is 11.1 Å². The minimum Gasteiger partial charge on any atom is -0.299 e. The monoisotopic (exact) mass is 367 g/mol. The number of aryl methyl sites for hydroxylation is 2. The van der Waals surface area contributed by atoms with E-state index in [9.17, 15) is 9.18 Å². The van der Waals surface area contributed by atoms with E-state index in [1.165, 1.54) is 28.6 Å². The highest BCUT2D eigenvalue weighted by Crippen LogP contribution is 2.42. The standard InChI is InChI=1S/C22H22FNOS/c1-5-17-14(4)26-22-20(17)19(15-8-10-16(23)11-9-15)18(7-6-12-25)21(24-22)13(2)3/h6-13H,5H2,1-4H3. The molecule has 0 radical (unpaired) electrons. The Morgan fingerprint density at radius 3 is 2.50 bits per heavy atom. The van der Waals surface area contributed by atoms with Crippen molar-refractivity contribution in [3.63, 3.8) is 0 Å². The summed E-state index contributed by atoms with van der Waals surface area (Å²) in [6, 6.07) is 6.57. The fourth-order valence-corrected chi connectivity index (χ4v) is 4.55. The van der Waals surface area contributed by atoms with Crippen LogP contribution in [-0.4, -0.2) is 11.3 Å². The van der Waals surface area contributed by atoms with E-state index in [0.29, 0.717) is 0 Å². The van der Waals surface area contributed by atoms with Gasteiger partial charge >= 0.3 is 0 Å². The first kappa shape index (κ1) is 18.5. The van der Waals surface area contributed by atoms with Gasteiger partial charge in [0.1, 0.15) is 16.9 Å². The maximum Gasteiger partial charge on any atom is 0.142 e. The second kappa shape index (κ2) is 7.50. The van der Waals surface area contributed by atoms with Crippen LogP contribution >= 0.6 is 11.3 Å². The summed E-state index contributed by atoms with van der Waals surface area (Å²) >= 11 is 1.70. The first-order valence-corrected chi connectivity index (χ1v) is 9.63. The van der Waals surface area contributed by atoms with Gasteiger partial charge in [-0.1, -0.05) is 32.9 Å². The maximum absolute atomic E-state index is 13.5. The van der Waals surface area contributed by atoms with Crippen LogP contribution in [-0.2, 0) is 11.2 Å². The van der Waals surface area contributed by atoms with Gasteiger partial charge in [0, 0.05) is 21.4 Å². The number of benzene rings is 1. The molecule has 0 amide bonds. The van der Waals surface area contributed by atoms with Crippen LogP contribution in [0.3, 0.4) is 0 Å². The van der Waals surface area contributed by atoms with Crippen molar-refractivity contribution in [2.45, 2.75) is 40.0 Å². The molecular formula is C22H22FNOS. The molecule has 0 saturated carbocycles. The minimum absolute atomic E-state index is 0.206. The van der Waals surface area contributed by atoms with E-state index in [0.717, 1.165) is 45.3 Å². The number of aromatic nitrogens is 1. The smallest absolute Gasteiger partial charge is 0.142 e. The second-order valence-electron chi connectivity index (χ2n) is 6.61. The summed E-state index contributed by atoms with van der Waals surface area (Å²) in [7, 11) is 0. The molecule has 0 saturated heterocycles.